The van der Waals surface area contributed by atoms with Crippen molar-refractivity contribution in [2.24, 2.45) is 11.6 Å². The molecule has 0 aliphatic heterocycles. The second kappa shape index (κ2) is 6.38. The van der Waals surface area contributed by atoms with Crippen molar-refractivity contribution >= 4 is 0 Å². The lowest BCUT2D eigenvalue weighted by Crippen LogP contribution is -2.29. The summed E-state index contributed by atoms with van der Waals surface area (Å²) in [7, 11) is 0. The van der Waals surface area contributed by atoms with Gasteiger partial charge in [-0.05, 0) is 6.92 Å². The van der Waals surface area contributed by atoms with Crippen molar-refractivity contribution in [3.8, 4) is 0 Å². The standard InChI is InChI=1S/C6H15N3O/c1-2-10-6-5-9(8)4-3-7/h3-4H,2,5-8H2,1H3/b4-3-. The topological polar surface area (TPSA) is 64.5 Å². The van der Waals surface area contributed by atoms with Gasteiger partial charge >= 0.3 is 0 Å². The minimum Gasteiger partial charge on any atom is -0.403 e. The number of rotatable bonds is 5. The molecule has 0 aromatic heterocycles. The average Bonchev–Trinajstić information content (AvgIpc) is 1.89. The van der Waals surface area contributed by atoms with Crippen molar-refractivity contribution in [3.05, 3.63) is 12.4 Å². The first-order valence-corrected chi connectivity index (χ1v) is 3.28. The van der Waals surface area contributed by atoms with E-state index in [1.165, 1.54) is 11.2 Å². The monoisotopic (exact) mass is 145 g/mol. The summed E-state index contributed by atoms with van der Waals surface area (Å²) < 4.78 is 5.05. The lowest BCUT2D eigenvalue weighted by Gasteiger charge is -2.11. The van der Waals surface area contributed by atoms with Crippen LogP contribution in [-0.4, -0.2) is 24.8 Å². The molecule has 4 nitrogen and oxygen atoms in total. The van der Waals surface area contributed by atoms with Gasteiger partial charge in [0.05, 0.1) is 13.2 Å². The maximum Gasteiger partial charge on any atom is 0.0656 e. The zero-order valence-corrected chi connectivity index (χ0v) is 6.29. The second-order valence-corrected chi connectivity index (χ2v) is 1.78. The Hall–Kier alpha value is -0.740. The van der Waals surface area contributed by atoms with E-state index in [0.717, 1.165) is 6.61 Å². The molecule has 0 saturated heterocycles. The molecule has 0 spiro atoms. The van der Waals surface area contributed by atoms with E-state index in [2.05, 4.69) is 0 Å². The number of hydrazine groups is 1. The molecular weight excluding hydrogens is 130 g/mol. The Labute approximate surface area is 61.4 Å². The van der Waals surface area contributed by atoms with E-state index in [4.69, 9.17) is 16.3 Å². The molecule has 0 rings (SSSR count). The first-order valence-electron chi connectivity index (χ1n) is 3.28. The van der Waals surface area contributed by atoms with Crippen LogP contribution in [0, 0.1) is 0 Å². The first kappa shape index (κ1) is 9.26. The molecule has 4 N–H and O–H groups in total. The molecule has 0 aromatic rings. The van der Waals surface area contributed by atoms with Gasteiger partial charge in [0.2, 0.25) is 0 Å². The van der Waals surface area contributed by atoms with Crippen molar-refractivity contribution < 1.29 is 4.74 Å². The number of hydrogen-bond acceptors (Lipinski definition) is 4. The van der Waals surface area contributed by atoms with E-state index in [1.807, 2.05) is 6.92 Å². The zero-order chi connectivity index (χ0) is 7.82. The Morgan fingerprint density at radius 1 is 1.60 bits per heavy atom. The molecule has 0 bridgehead atoms. The molecular formula is C6H15N3O. The van der Waals surface area contributed by atoms with Crippen molar-refractivity contribution in [3.63, 3.8) is 0 Å². The van der Waals surface area contributed by atoms with Crippen LogP contribution in [0.25, 0.3) is 0 Å². The Bertz CT molecular complexity index is 95.0. The highest BCUT2D eigenvalue weighted by Gasteiger charge is 1.88. The third-order valence-corrected chi connectivity index (χ3v) is 0.975. The van der Waals surface area contributed by atoms with Gasteiger partial charge in [0, 0.05) is 19.0 Å². The third-order valence-electron chi connectivity index (χ3n) is 0.975. The summed E-state index contributed by atoms with van der Waals surface area (Å²) in [5, 5.41) is 1.48. The molecule has 0 aromatic carbocycles. The molecule has 10 heavy (non-hydrogen) atoms. The lowest BCUT2D eigenvalue weighted by molar-refractivity contribution is 0.128. The average molecular weight is 145 g/mol. The van der Waals surface area contributed by atoms with E-state index in [0.29, 0.717) is 13.2 Å². The molecule has 60 valence electrons. The van der Waals surface area contributed by atoms with Crippen molar-refractivity contribution in [1.82, 2.24) is 5.01 Å². The summed E-state index contributed by atoms with van der Waals surface area (Å²) in [5.74, 6) is 5.41. The molecule has 0 radical (unpaired) electrons. The van der Waals surface area contributed by atoms with Gasteiger partial charge in [0.1, 0.15) is 0 Å². The van der Waals surface area contributed by atoms with Gasteiger partial charge in [-0.3, -0.25) is 0 Å². The molecule has 0 aliphatic rings. The number of nitrogens with zero attached hydrogens (tertiary/aromatic N) is 1. The predicted molar refractivity (Wildman–Crippen MR) is 40.7 cm³/mol. The summed E-state index contributed by atoms with van der Waals surface area (Å²) in [6.07, 6.45) is 2.99. The molecule has 0 fully saturated rings. The number of nitrogens with two attached hydrogens (primary N) is 2. The van der Waals surface area contributed by atoms with Crippen LogP contribution in [-0.2, 0) is 4.74 Å². The van der Waals surface area contributed by atoms with Gasteiger partial charge in [0.25, 0.3) is 0 Å². The van der Waals surface area contributed by atoms with Gasteiger partial charge in [-0.2, -0.15) is 0 Å². The second-order valence-electron chi connectivity index (χ2n) is 1.78. The Morgan fingerprint density at radius 2 is 2.30 bits per heavy atom. The molecule has 0 heterocycles. The number of ether oxygens (including phenoxy) is 1. The van der Waals surface area contributed by atoms with Crippen LogP contribution < -0.4 is 11.6 Å². The summed E-state index contributed by atoms with van der Waals surface area (Å²) in [6.45, 7) is 3.97. The van der Waals surface area contributed by atoms with E-state index < -0.39 is 0 Å². The molecule has 0 amide bonds. The molecule has 0 saturated carbocycles. The normalized spacial score (nSPS) is 10.6. The SMILES string of the molecule is CCOCCN(N)/C=C\N. The van der Waals surface area contributed by atoms with Crippen LogP contribution in [0.3, 0.4) is 0 Å². The third kappa shape index (κ3) is 5.40. The van der Waals surface area contributed by atoms with E-state index in [-0.39, 0.29) is 0 Å². The molecule has 0 atom stereocenters. The van der Waals surface area contributed by atoms with Crippen LogP contribution in [0.5, 0.6) is 0 Å². The maximum atomic E-state index is 5.41. The summed E-state index contributed by atoms with van der Waals surface area (Å²) >= 11 is 0. The summed E-state index contributed by atoms with van der Waals surface area (Å²) in [5.41, 5.74) is 5.09. The van der Waals surface area contributed by atoms with E-state index in [1.54, 1.807) is 6.20 Å². The molecule has 4 heteroatoms. The predicted octanol–water partition coefficient (Wildman–Crippen LogP) is -0.371. The van der Waals surface area contributed by atoms with Gasteiger partial charge in [0.15, 0.2) is 0 Å². The van der Waals surface area contributed by atoms with Gasteiger partial charge in [-0.1, -0.05) is 0 Å². The smallest absolute Gasteiger partial charge is 0.0656 e. The van der Waals surface area contributed by atoms with E-state index >= 15 is 0 Å². The fourth-order valence-electron chi connectivity index (χ4n) is 0.499. The molecule has 0 unspecified atom stereocenters. The van der Waals surface area contributed by atoms with E-state index in [9.17, 15) is 0 Å². The Balaban J connectivity index is 3.13. The summed E-state index contributed by atoms with van der Waals surface area (Å²) in [4.78, 5) is 0. The molecule has 0 aliphatic carbocycles. The maximum absolute atomic E-state index is 5.41. The fourth-order valence-corrected chi connectivity index (χ4v) is 0.499. The van der Waals surface area contributed by atoms with Crippen LogP contribution in [0.4, 0.5) is 0 Å². The van der Waals surface area contributed by atoms with Gasteiger partial charge in [-0.15, -0.1) is 0 Å². The first-order chi connectivity index (χ1) is 4.81. The minimum atomic E-state index is 0.636. The highest BCUT2D eigenvalue weighted by atomic mass is 16.5. The van der Waals surface area contributed by atoms with Crippen LogP contribution in [0.1, 0.15) is 6.92 Å². The van der Waals surface area contributed by atoms with Crippen LogP contribution in [0.15, 0.2) is 12.4 Å². The van der Waals surface area contributed by atoms with Crippen molar-refractivity contribution in [1.29, 1.82) is 0 Å². The van der Waals surface area contributed by atoms with Crippen molar-refractivity contribution in [2.45, 2.75) is 6.92 Å². The zero-order valence-electron chi connectivity index (χ0n) is 6.29. The Morgan fingerprint density at radius 3 is 2.80 bits per heavy atom. The number of hydrogen-bond donors (Lipinski definition) is 2. The summed E-state index contributed by atoms with van der Waals surface area (Å²) in [6, 6.07) is 0. The largest absolute Gasteiger partial charge is 0.403 e. The highest BCUT2D eigenvalue weighted by Crippen LogP contribution is 1.79. The fraction of sp³-hybridized carbons (Fsp3) is 0.667. The Kier molecular flexibility index (Phi) is 5.91. The van der Waals surface area contributed by atoms with Crippen LogP contribution in [0.2, 0.25) is 0 Å². The van der Waals surface area contributed by atoms with Gasteiger partial charge < -0.3 is 15.5 Å². The highest BCUT2D eigenvalue weighted by molar-refractivity contribution is 4.72. The quantitative estimate of drug-likeness (QED) is 0.315. The van der Waals surface area contributed by atoms with Crippen molar-refractivity contribution in [2.75, 3.05) is 19.8 Å². The van der Waals surface area contributed by atoms with Crippen LogP contribution >= 0.6 is 0 Å². The lowest BCUT2D eigenvalue weighted by atomic mass is 10.6. The minimum absolute atomic E-state index is 0.636. The van der Waals surface area contributed by atoms with Gasteiger partial charge in [-0.25, -0.2) is 5.84 Å².